The van der Waals surface area contributed by atoms with Crippen molar-refractivity contribution >= 4 is 5.91 Å². The Morgan fingerprint density at radius 2 is 1.95 bits per heavy atom. The Morgan fingerprint density at radius 1 is 1.26 bits per heavy atom. The molecule has 0 N–H and O–H groups in total. The van der Waals surface area contributed by atoms with E-state index in [4.69, 9.17) is 9.15 Å². The van der Waals surface area contributed by atoms with Gasteiger partial charge in [-0.1, -0.05) is 12.1 Å². The monoisotopic (exact) mass is 259 g/mol. The lowest BCUT2D eigenvalue weighted by Crippen LogP contribution is -2.26. The molecule has 1 aromatic carbocycles. The topological polar surface area (TPSA) is 42.7 Å². The summed E-state index contributed by atoms with van der Waals surface area (Å²) < 4.78 is 10.3. The number of carbonyl (C=O) groups is 1. The molecule has 0 saturated carbocycles. The molecule has 2 aromatic rings. The van der Waals surface area contributed by atoms with Crippen LogP contribution in [0.2, 0.25) is 0 Å². The summed E-state index contributed by atoms with van der Waals surface area (Å²) in [7, 11) is 3.41. The third-order valence-electron chi connectivity index (χ3n) is 3.01. The van der Waals surface area contributed by atoms with Crippen molar-refractivity contribution in [3.05, 3.63) is 53.5 Å². The highest BCUT2D eigenvalue weighted by atomic mass is 16.5. The average molecular weight is 259 g/mol. The Morgan fingerprint density at radius 3 is 2.47 bits per heavy atom. The number of hydrogen-bond acceptors (Lipinski definition) is 3. The van der Waals surface area contributed by atoms with Gasteiger partial charge < -0.3 is 14.1 Å². The molecule has 0 aliphatic heterocycles. The molecular weight excluding hydrogens is 242 g/mol. The molecule has 0 aliphatic carbocycles. The van der Waals surface area contributed by atoms with Crippen molar-refractivity contribution in [2.75, 3.05) is 14.2 Å². The molecule has 0 saturated heterocycles. The molecule has 0 atom stereocenters. The SMILES string of the molecule is COc1ccc(CN(C)C(=O)c2ccoc2C)cc1. The van der Waals surface area contributed by atoms with Crippen molar-refractivity contribution in [2.45, 2.75) is 13.5 Å². The summed E-state index contributed by atoms with van der Waals surface area (Å²) in [6, 6.07) is 9.37. The first-order valence-electron chi connectivity index (χ1n) is 6.04. The van der Waals surface area contributed by atoms with Crippen LogP contribution >= 0.6 is 0 Å². The number of benzene rings is 1. The van der Waals surface area contributed by atoms with Crippen LogP contribution in [0, 0.1) is 6.92 Å². The van der Waals surface area contributed by atoms with Crippen LogP contribution in [0.4, 0.5) is 0 Å². The van der Waals surface area contributed by atoms with Crippen molar-refractivity contribution in [1.82, 2.24) is 4.90 Å². The van der Waals surface area contributed by atoms with E-state index in [1.54, 1.807) is 32.0 Å². The summed E-state index contributed by atoms with van der Waals surface area (Å²) in [4.78, 5) is 13.9. The molecule has 2 rings (SSSR count). The standard InChI is InChI=1S/C15H17NO3/c1-11-14(8-9-19-11)15(17)16(2)10-12-4-6-13(18-3)7-5-12/h4-9H,10H2,1-3H3. The van der Waals surface area contributed by atoms with Crippen LogP contribution in [0.25, 0.3) is 0 Å². The maximum absolute atomic E-state index is 12.2. The second-order valence-corrected chi connectivity index (χ2v) is 4.40. The lowest BCUT2D eigenvalue weighted by Gasteiger charge is -2.17. The maximum atomic E-state index is 12.2. The smallest absolute Gasteiger partial charge is 0.257 e. The quantitative estimate of drug-likeness (QED) is 0.848. The van der Waals surface area contributed by atoms with Crippen LogP contribution in [-0.4, -0.2) is 25.0 Å². The van der Waals surface area contributed by atoms with Gasteiger partial charge in [-0.05, 0) is 30.7 Å². The molecule has 0 spiro atoms. The van der Waals surface area contributed by atoms with E-state index in [2.05, 4.69) is 0 Å². The molecule has 0 aliphatic rings. The van der Waals surface area contributed by atoms with E-state index in [-0.39, 0.29) is 5.91 Å². The molecule has 0 fully saturated rings. The number of carbonyl (C=O) groups excluding carboxylic acids is 1. The molecular formula is C15H17NO3. The molecule has 100 valence electrons. The highest BCUT2D eigenvalue weighted by Crippen LogP contribution is 2.15. The largest absolute Gasteiger partial charge is 0.497 e. The summed E-state index contributed by atoms with van der Waals surface area (Å²) in [6.45, 7) is 2.34. The second kappa shape index (κ2) is 5.61. The fourth-order valence-electron chi connectivity index (χ4n) is 1.89. The van der Waals surface area contributed by atoms with Gasteiger partial charge in [-0.3, -0.25) is 4.79 Å². The molecule has 0 radical (unpaired) electrons. The van der Waals surface area contributed by atoms with Gasteiger partial charge in [-0.25, -0.2) is 0 Å². The number of furan rings is 1. The number of hydrogen-bond donors (Lipinski definition) is 0. The molecule has 4 heteroatoms. The van der Waals surface area contributed by atoms with E-state index in [9.17, 15) is 4.79 Å². The highest BCUT2D eigenvalue weighted by Gasteiger charge is 2.16. The van der Waals surface area contributed by atoms with E-state index in [1.807, 2.05) is 24.3 Å². The van der Waals surface area contributed by atoms with Gasteiger partial charge >= 0.3 is 0 Å². The van der Waals surface area contributed by atoms with Crippen LogP contribution in [0.15, 0.2) is 41.0 Å². The van der Waals surface area contributed by atoms with Crippen LogP contribution in [-0.2, 0) is 6.54 Å². The summed E-state index contributed by atoms with van der Waals surface area (Å²) in [5.74, 6) is 1.41. The van der Waals surface area contributed by atoms with Crippen LogP contribution in [0.3, 0.4) is 0 Å². The van der Waals surface area contributed by atoms with Gasteiger partial charge in [0.1, 0.15) is 11.5 Å². The van der Waals surface area contributed by atoms with E-state index in [1.165, 1.54) is 6.26 Å². The Kier molecular flexibility index (Phi) is 3.90. The number of rotatable bonds is 4. The zero-order valence-corrected chi connectivity index (χ0v) is 11.3. The number of ether oxygens (including phenoxy) is 1. The fourth-order valence-corrected chi connectivity index (χ4v) is 1.89. The molecule has 1 amide bonds. The number of amides is 1. The lowest BCUT2D eigenvalue weighted by atomic mass is 10.2. The van der Waals surface area contributed by atoms with Crippen molar-refractivity contribution < 1.29 is 13.9 Å². The predicted molar refractivity (Wildman–Crippen MR) is 72.2 cm³/mol. The van der Waals surface area contributed by atoms with E-state index in [0.29, 0.717) is 17.9 Å². The van der Waals surface area contributed by atoms with Gasteiger partial charge in [0.25, 0.3) is 5.91 Å². The highest BCUT2D eigenvalue weighted by molar-refractivity contribution is 5.94. The van der Waals surface area contributed by atoms with Gasteiger partial charge in [0.2, 0.25) is 0 Å². The second-order valence-electron chi connectivity index (χ2n) is 4.40. The lowest BCUT2D eigenvalue weighted by molar-refractivity contribution is 0.0783. The van der Waals surface area contributed by atoms with Crippen molar-refractivity contribution in [3.63, 3.8) is 0 Å². The third kappa shape index (κ3) is 2.96. The minimum atomic E-state index is -0.0398. The normalized spacial score (nSPS) is 10.3. The summed E-state index contributed by atoms with van der Waals surface area (Å²) >= 11 is 0. The average Bonchev–Trinajstić information content (AvgIpc) is 2.85. The number of methoxy groups -OCH3 is 1. The zero-order valence-electron chi connectivity index (χ0n) is 11.3. The minimum Gasteiger partial charge on any atom is -0.497 e. The van der Waals surface area contributed by atoms with Gasteiger partial charge in [0.05, 0.1) is 18.9 Å². The first-order valence-corrected chi connectivity index (χ1v) is 6.04. The molecule has 4 nitrogen and oxygen atoms in total. The summed E-state index contributed by atoms with van der Waals surface area (Å²) in [5.41, 5.74) is 1.66. The van der Waals surface area contributed by atoms with Gasteiger partial charge in [0, 0.05) is 13.6 Å². The summed E-state index contributed by atoms with van der Waals surface area (Å²) in [6.07, 6.45) is 1.53. The van der Waals surface area contributed by atoms with Crippen molar-refractivity contribution in [1.29, 1.82) is 0 Å². The van der Waals surface area contributed by atoms with E-state index >= 15 is 0 Å². The summed E-state index contributed by atoms with van der Waals surface area (Å²) in [5, 5.41) is 0. The first-order chi connectivity index (χ1) is 9.11. The molecule has 19 heavy (non-hydrogen) atoms. The van der Waals surface area contributed by atoms with Crippen molar-refractivity contribution in [3.8, 4) is 5.75 Å². The van der Waals surface area contributed by atoms with Crippen LogP contribution < -0.4 is 4.74 Å². The maximum Gasteiger partial charge on any atom is 0.257 e. The Balaban J connectivity index is 2.06. The van der Waals surface area contributed by atoms with Gasteiger partial charge in [-0.15, -0.1) is 0 Å². The fraction of sp³-hybridized carbons (Fsp3) is 0.267. The van der Waals surface area contributed by atoms with Crippen molar-refractivity contribution in [2.24, 2.45) is 0 Å². The van der Waals surface area contributed by atoms with Crippen LogP contribution in [0.1, 0.15) is 21.7 Å². The molecule has 0 bridgehead atoms. The number of aryl methyl sites for hydroxylation is 1. The first kappa shape index (κ1) is 13.2. The van der Waals surface area contributed by atoms with E-state index in [0.717, 1.165) is 11.3 Å². The Bertz CT molecular complexity index is 557. The molecule has 1 aromatic heterocycles. The molecule has 1 heterocycles. The van der Waals surface area contributed by atoms with Gasteiger partial charge in [-0.2, -0.15) is 0 Å². The minimum absolute atomic E-state index is 0.0398. The van der Waals surface area contributed by atoms with E-state index < -0.39 is 0 Å². The van der Waals surface area contributed by atoms with Crippen LogP contribution in [0.5, 0.6) is 5.75 Å². The molecule has 0 unspecified atom stereocenters. The Labute approximate surface area is 112 Å². The van der Waals surface area contributed by atoms with Gasteiger partial charge in [0.15, 0.2) is 0 Å². The zero-order chi connectivity index (χ0) is 13.8. The Hall–Kier alpha value is -2.23. The number of nitrogens with zero attached hydrogens (tertiary/aromatic N) is 1. The predicted octanol–water partition coefficient (Wildman–Crippen LogP) is 2.87. The third-order valence-corrected chi connectivity index (χ3v) is 3.01.